The maximum atomic E-state index is 11.2. The van der Waals surface area contributed by atoms with Gasteiger partial charge in [-0.25, -0.2) is 4.98 Å². The number of nitrogens with zero attached hydrogens (tertiary/aromatic N) is 1. The van der Waals surface area contributed by atoms with Crippen LogP contribution in [0.4, 0.5) is 17.2 Å². The molecule has 5 nitrogen and oxygen atoms in total. The van der Waals surface area contributed by atoms with Crippen LogP contribution in [0.25, 0.3) is 0 Å². The maximum Gasteiger partial charge on any atom is 0.267 e. The summed E-state index contributed by atoms with van der Waals surface area (Å²) >= 11 is 0. The average molecular weight is 268 g/mol. The van der Waals surface area contributed by atoms with Gasteiger partial charge in [0, 0.05) is 5.69 Å². The third-order valence-electron chi connectivity index (χ3n) is 3.54. The second-order valence-electron chi connectivity index (χ2n) is 4.96. The molecule has 0 spiro atoms. The molecule has 1 heterocycles. The molecule has 0 saturated heterocycles. The molecular weight excluding hydrogens is 252 g/mol. The van der Waals surface area contributed by atoms with Gasteiger partial charge in [-0.2, -0.15) is 0 Å². The molecule has 5 N–H and O–H groups in total. The van der Waals surface area contributed by atoms with E-state index in [2.05, 4.69) is 22.4 Å². The molecule has 1 aromatic heterocycles. The van der Waals surface area contributed by atoms with Crippen molar-refractivity contribution in [3.05, 3.63) is 47.2 Å². The molecule has 0 fully saturated rings. The Labute approximate surface area is 117 Å². The maximum absolute atomic E-state index is 11.2. The summed E-state index contributed by atoms with van der Waals surface area (Å²) in [6, 6.07) is 9.38. The van der Waals surface area contributed by atoms with Crippen molar-refractivity contribution in [2.24, 2.45) is 5.73 Å². The molecule has 0 aliphatic heterocycles. The molecule has 1 amide bonds. The van der Waals surface area contributed by atoms with Gasteiger partial charge in [0.05, 0.1) is 5.69 Å². The van der Waals surface area contributed by atoms with E-state index in [1.54, 1.807) is 6.07 Å². The van der Waals surface area contributed by atoms with Gasteiger partial charge in [-0.15, -0.1) is 0 Å². The van der Waals surface area contributed by atoms with Gasteiger partial charge in [0.15, 0.2) is 5.82 Å². The number of carbonyl (C=O) groups excluding carboxylic acids is 1. The average Bonchev–Trinajstić information content (AvgIpc) is 2.88. The number of nitrogens with two attached hydrogens (primary N) is 2. The first-order valence-corrected chi connectivity index (χ1v) is 6.58. The number of nitrogen functional groups attached to an aromatic ring is 1. The Hall–Kier alpha value is -2.56. The minimum atomic E-state index is -0.568. The summed E-state index contributed by atoms with van der Waals surface area (Å²) in [6.45, 7) is 0. The minimum absolute atomic E-state index is 0.197. The fourth-order valence-corrected chi connectivity index (χ4v) is 2.49. The summed E-state index contributed by atoms with van der Waals surface area (Å²) in [5.41, 5.74) is 15.5. The number of anilines is 3. The third kappa shape index (κ3) is 2.30. The Morgan fingerprint density at radius 2 is 1.95 bits per heavy atom. The number of benzene rings is 1. The smallest absolute Gasteiger partial charge is 0.267 e. The molecule has 0 saturated carbocycles. The van der Waals surface area contributed by atoms with E-state index in [1.807, 2.05) is 6.07 Å². The van der Waals surface area contributed by atoms with Crippen LogP contribution in [-0.2, 0) is 12.8 Å². The van der Waals surface area contributed by atoms with Crippen LogP contribution in [0, 0.1) is 0 Å². The number of rotatable bonds is 3. The Bertz CT molecular complexity index is 682. The lowest BCUT2D eigenvalue weighted by molar-refractivity contribution is 0.0996. The van der Waals surface area contributed by atoms with Crippen molar-refractivity contribution in [3.8, 4) is 0 Å². The molecule has 0 radical (unpaired) electrons. The van der Waals surface area contributed by atoms with Crippen molar-refractivity contribution in [2.75, 3.05) is 11.1 Å². The summed E-state index contributed by atoms with van der Waals surface area (Å²) < 4.78 is 0. The normalized spacial score (nSPS) is 13.0. The number of aryl methyl sites for hydroxylation is 2. The highest BCUT2D eigenvalue weighted by Crippen LogP contribution is 2.27. The van der Waals surface area contributed by atoms with Crippen LogP contribution in [0.5, 0.6) is 0 Å². The van der Waals surface area contributed by atoms with Crippen LogP contribution in [0.2, 0.25) is 0 Å². The zero-order chi connectivity index (χ0) is 14.1. The first-order chi connectivity index (χ1) is 9.63. The molecule has 0 bridgehead atoms. The SMILES string of the molecule is NC(=O)c1ccc(N)c(Nc2ccc3c(c2)CCC3)n1. The fraction of sp³-hybridized carbons (Fsp3) is 0.200. The summed E-state index contributed by atoms with van der Waals surface area (Å²) in [5.74, 6) is -0.110. The molecule has 0 atom stereocenters. The van der Waals surface area contributed by atoms with Gasteiger partial charge in [-0.05, 0) is 54.7 Å². The van der Waals surface area contributed by atoms with Crippen LogP contribution in [0.15, 0.2) is 30.3 Å². The zero-order valence-electron chi connectivity index (χ0n) is 11.0. The van der Waals surface area contributed by atoms with E-state index in [9.17, 15) is 4.79 Å². The largest absolute Gasteiger partial charge is 0.396 e. The molecule has 2 aromatic rings. The zero-order valence-corrected chi connectivity index (χ0v) is 11.0. The molecule has 3 rings (SSSR count). The van der Waals surface area contributed by atoms with E-state index in [0.717, 1.165) is 18.5 Å². The van der Waals surface area contributed by atoms with Crippen LogP contribution >= 0.6 is 0 Å². The van der Waals surface area contributed by atoms with Crippen molar-refractivity contribution in [1.29, 1.82) is 0 Å². The van der Waals surface area contributed by atoms with Crippen LogP contribution < -0.4 is 16.8 Å². The predicted molar refractivity (Wildman–Crippen MR) is 78.9 cm³/mol. The number of hydrogen-bond donors (Lipinski definition) is 3. The quantitative estimate of drug-likeness (QED) is 0.793. The monoisotopic (exact) mass is 268 g/mol. The fourth-order valence-electron chi connectivity index (χ4n) is 2.49. The number of aromatic nitrogens is 1. The van der Waals surface area contributed by atoms with Gasteiger partial charge in [0.2, 0.25) is 0 Å². The molecule has 20 heavy (non-hydrogen) atoms. The number of amides is 1. The van der Waals surface area contributed by atoms with Crippen LogP contribution in [0.3, 0.4) is 0 Å². The van der Waals surface area contributed by atoms with Crippen molar-refractivity contribution < 1.29 is 4.79 Å². The van der Waals surface area contributed by atoms with Gasteiger partial charge >= 0.3 is 0 Å². The first kappa shape index (κ1) is 12.5. The molecule has 5 heteroatoms. The van der Waals surface area contributed by atoms with E-state index in [-0.39, 0.29) is 5.69 Å². The Morgan fingerprint density at radius 3 is 2.75 bits per heavy atom. The first-order valence-electron chi connectivity index (χ1n) is 6.58. The summed E-state index contributed by atoms with van der Waals surface area (Å²) in [7, 11) is 0. The standard InChI is InChI=1S/C15H16N4O/c16-12-6-7-13(14(17)20)19-15(12)18-11-5-4-9-2-1-3-10(9)8-11/h4-8H,1-3,16H2,(H2,17,20)(H,18,19). The van der Waals surface area contributed by atoms with Crippen molar-refractivity contribution in [2.45, 2.75) is 19.3 Å². The van der Waals surface area contributed by atoms with E-state index in [0.29, 0.717) is 11.5 Å². The number of hydrogen-bond acceptors (Lipinski definition) is 4. The van der Waals surface area contributed by atoms with Crippen molar-refractivity contribution >= 4 is 23.1 Å². The van der Waals surface area contributed by atoms with Crippen LogP contribution in [-0.4, -0.2) is 10.9 Å². The Morgan fingerprint density at radius 1 is 1.15 bits per heavy atom. The van der Waals surface area contributed by atoms with Crippen LogP contribution in [0.1, 0.15) is 28.0 Å². The number of pyridine rings is 1. The van der Waals surface area contributed by atoms with Gasteiger partial charge in [0.25, 0.3) is 5.91 Å². The second-order valence-corrected chi connectivity index (χ2v) is 4.96. The highest BCUT2D eigenvalue weighted by molar-refractivity contribution is 5.92. The lowest BCUT2D eigenvalue weighted by atomic mass is 10.1. The Balaban J connectivity index is 1.91. The number of carbonyl (C=O) groups is 1. The third-order valence-corrected chi connectivity index (χ3v) is 3.54. The number of fused-ring (bicyclic) bond motifs is 1. The summed E-state index contributed by atoms with van der Waals surface area (Å²) in [6.07, 6.45) is 3.46. The minimum Gasteiger partial charge on any atom is -0.396 e. The highest BCUT2D eigenvalue weighted by Gasteiger charge is 2.12. The van der Waals surface area contributed by atoms with Crippen molar-refractivity contribution in [3.63, 3.8) is 0 Å². The topological polar surface area (TPSA) is 94.0 Å². The highest BCUT2D eigenvalue weighted by atomic mass is 16.1. The number of primary amides is 1. The summed E-state index contributed by atoms with van der Waals surface area (Å²) in [5, 5.41) is 3.15. The van der Waals surface area contributed by atoms with E-state index < -0.39 is 5.91 Å². The molecule has 1 aliphatic rings. The molecule has 1 aromatic carbocycles. The molecule has 1 aliphatic carbocycles. The molecular formula is C15H16N4O. The van der Waals surface area contributed by atoms with E-state index in [1.165, 1.54) is 23.6 Å². The second kappa shape index (κ2) is 4.85. The predicted octanol–water partition coefficient (Wildman–Crippen LogP) is 1.99. The van der Waals surface area contributed by atoms with E-state index in [4.69, 9.17) is 11.5 Å². The number of nitrogens with one attached hydrogen (secondary N) is 1. The van der Waals surface area contributed by atoms with Crippen molar-refractivity contribution in [1.82, 2.24) is 4.98 Å². The lowest BCUT2D eigenvalue weighted by Crippen LogP contribution is -2.14. The van der Waals surface area contributed by atoms with Gasteiger partial charge in [-0.3, -0.25) is 4.79 Å². The molecule has 102 valence electrons. The molecule has 0 unspecified atom stereocenters. The van der Waals surface area contributed by atoms with Gasteiger partial charge in [-0.1, -0.05) is 6.07 Å². The summed E-state index contributed by atoms with van der Waals surface area (Å²) in [4.78, 5) is 15.3. The van der Waals surface area contributed by atoms with Gasteiger partial charge < -0.3 is 16.8 Å². The van der Waals surface area contributed by atoms with E-state index >= 15 is 0 Å². The van der Waals surface area contributed by atoms with Gasteiger partial charge in [0.1, 0.15) is 5.69 Å². The Kier molecular flexibility index (Phi) is 3.02. The lowest BCUT2D eigenvalue weighted by Gasteiger charge is -2.10.